The minimum Gasteiger partial charge on any atom is -0.506 e. The third-order valence-electron chi connectivity index (χ3n) is 3.37. The Hall–Kier alpha value is -2.72. The number of anilines is 1. The number of phenolic OH excluding ortho intramolecular Hbond substituents is 1. The number of ether oxygens (including phenoxy) is 1. The first-order chi connectivity index (χ1) is 11.1. The summed E-state index contributed by atoms with van der Waals surface area (Å²) in [4.78, 5) is 12.0. The average Bonchev–Trinajstić information content (AvgIpc) is 2.57. The molecule has 0 bridgehead atoms. The van der Waals surface area contributed by atoms with Gasteiger partial charge in [0.1, 0.15) is 11.5 Å². The number of carbonyl (C=O) groups is 1. The third kappa shape index (κ3) is 3.38. The summed E-state index contributed by atoms with van der Waals surface area (Å²) < 4.78 is 5.60. The number of aromatic hydroxyl groups is 1. The Morgan fingerprint density at radius 2 is 1.70 bits per heavy atom. The molecular formula is C18H14ClNO3. The first-order valence-electron chi connectivity index (χ1n) is 7.03. The highest BCUT2D eigenvalue weighted by molar-refractivity contribution is 6.35. The van der Waals surface area contributed by atoms with E-state index in [1.807, 2.05) is 24.3 Å². The van der Waals surface area contributed by atoms with Crippen molar-refractivity contribution >= 4 is 34.0 Å². The van der Waals surface area contributed by atoms with Crippen molar-refractivity contribution in [3.05, 3.63) is 65.7 Å². The van der Waals surface area contributed by atoms with Crippen LogP contribution in [0.25, 0.3) is 10.8 Å². The van der Waals surface area contributed by atoms with Gasteiger partial charge in [-0.2, -0.15) is 0 Å². The second-order valence-electron chi connectivity index (χ2n) is 4.95. The molecule has 0 aliphatic rings. The van der Waals surface area contributed by atoms with Crippen molar-refractivity contribution in [1.82, 2.24) is 0 Å². The van der Waals surface area contributed by atoms with Crippen LogP contribution in [0.2, 0.25) is 5.02 Å². The van der Waals surface area contributed by atoms with Crippen LogP contribution in [0.3, 0.4) is 0 Å². The molecule has 3 rings (SSSR count). The van der Waals surface area contributed by atoms with Crippen LogP contribution in [0.15, 0.2) is 60.7 Å². The molecule has 1 amide bonds. The van der Waals surface area contributed by atoms with Gasteiger partial charge in [0.2, 0.25) is 0 Å². The van der Waals surface area contributed by atoms with E-state index in [1.54, 1.807) is 30.3 Å². The van der Waals surface area contributed by atoms with Gasteiger partial charge in [-0.05, 0) is 24.3 Å². The molecule has 4 nitrogen and oxygen atoms in total. The standard InChI is InChI=1S/C18H14ClNO3/c19-14-9-10-17(13-6-2-1-5-12(13)14)23-11-18(22)20-15-7-3-4-8-16(15)21/h1-10,21H,11H2,(H,20,22). The smallest absolute Gasteiger partial charge is 0.262 e. The van der Waals surface area contributed by atoms with Gasteiger partial charge in [0.25, 0.3) is 5.91 Å². The lowest BCUT2D eigenvalue weighted by molar-refractivity contribution is -0.118. The van der Waals surface area contributed by atoms with E-state index >= 15 is 0 Å². The molecule has 0 fully saturated rings. The van der Waals surface area contributed by atoms with Crippen LogP contribution in [0, 0.1) is 0 Å². The Bertz CT molecular complexity index is 864. The number of phenols is 1. The van der Waals surface area contributed by atoms with E-state index in [9.17, 15) is 9.90 Å². The minimum absolute atomic E-state index is 0.0118. The molecule has 3 aromatic carbocycles. The van der Waals surface area contributed by atoms with E-state index in [0.717, 1.165) is 10.8 Å². The lowest BCUT2D eigenvalue weighted by atomic mass is 10.1. The third-order valence-corrected chi connectivity index (χ3v) is 3.70. The Kier molecular flexibility index (Phi) is 4.35. The number of carbonyl (C=O) groups excluding carboxylic acids is 1. The monoisotopic (exact) mass is 327 g/mol. The van der Waals surface area contributed by atoms with E-state index < -0.39 is 0 Å². The number of fused-ring (bicyclic) bond motifs is 1. The highest BCUT2D eigenvalue weighted by Crippen LogP contribution is 2.31. The highest BCUT2D eigenvalue weighted by atomic mass is 35.5. The minimum atomic E-state index is -0.356. The van der Waals surface area contributed by atoms with Gasteiger partial charge >= 0.3 is 0 Å². The largest absolute Gasteiger partial charge is 0.506 e. The number of para-hydroxylation sites is 2. The molecule has 23 heavy (non-hydrogen) atoms. The lowest BCUT2D eigenvalue weighted by Crippen LogP contribution is -2.20. The number of rotatable bonds is 4. The van der Waals surface area contributed by atoms with Crippen molar-refractivity contribution in [2.75, 3.05) is 11.9 Å². The summed E-state index contributed by atoms with van der Waals surface area (Å²) in [7, 11) is 0. The summed E-state index contributed by atoms with van der Waals surface area (Å²) in [6.07, 6.45) is 0. The SMILES string of the molecule is O=C(COc1ccc(Cl)c2ccccc12)Nc1ccccc1O. The Labute approximate surface area is 138 Å². The summed E-state index contributed by atoms with van der Waals surface area (Å²) in [5.74, 6) is 0.237. The van der Waals surface area contributed by atoms with Crippen LogP contribution in [0.1, 0.15) is 0 Å². The molecule has 0 saturated carbocycles. The van der Waals surface area contributed by atoms with Gasteiger partial charge in [0.05, 0.1) is 5.69 Å². The molecule has 0 unspecified atom stereocenters. The predicted octanol–water partition coefficient (Wildman–Crippen LogP) is 4.22. The molecule has 116 valence electrons. The summed E-state index contributed by atoms with van der Waals surface area (Å²) in [6, 6.07) is 17.6. The summed E-state index contributed by atoms with van der Waals surface area (Å²) in [6.45, 7) is -0.167. The highest BCUT2D eigenvalue weighted by Gasteiger charge is 2.09. The molecule has 0 atom stereocenters. The van der Waals surface area contributed by atoms with Gasteiger partial charge in [-0.1, -0.05) is 48.0 Å². The first-order valence-corrected chi connectivity index (χ1v) is 7.41. The zero-order valence-corrected chi connectivity index (χ0v) is 12.9. The average molecular weight is 328 g/mol. The molecule has 0 spiro atoms. The molecule has 3 aromatic rings. The molecule has 0 aliphatic heterocycles. The Morgan fingerprint density at radius 1 is 1.00 bits per heavy atom. The molecular weight excluding hydrogens is 314 g/mol. The van der Waals surface area contributed by atoms with Gasteiger partial charge < -0.3 is 15.2 Å². The molecule has 0 aromatic heterocycles. The normalized spacial score (nSPS) is 10.5. The van der Waals surface area contributed by atoms with Gasteiger partial charge in [-0.3, -0.25) is 4.79 Å². The zero-order chi connectivity index (χ0) is 16.2. The number of amides is 1. The fourth-order valence-corrected chi connectivity index (χ4v) is 2.50. The predicted molar refractivity (Wildman–Crippen MR) is 91.2 cm³/mol. The topological polar surface area (TPSA) is 58.6 Å². The number of halogens is 1. The molecule has 0 radical (unpaired) electrons. The zero-order valence-electron chi connectivity index (χ0n) is 12.1. The number of nitrogens with one attached hydrogen (secondary N) is 1. The van der Waals surface area contributed by atoms with Crippen LogP contribution < -0.4 is 10.1 Å². The Balaban J connectivity index is 1.73. The maximum atomic E-state index is 12.0. The van der Waals surface area contributed by atoms with Crippen LogP contribution in [0.5, 0.6) is 11.5 Å². The second-order valence-corrected chi connectivity index (χ2v) is 5.35. The molecule has 0 heterocycles. The number of hydrogen-bond acceptors (Lipinski definition) is 3. The van der Waals surface area contributed by atoms with Crippen molar-refractivity contribution < 1.29 is 14.6 Å². The van der Waals surface area contributed by atoms with Gasteiger partial charge in [0, 0.05) is 15.8 Å². The van der Waals surface area contributed by atoms with E-state index in [1.165, 1.54) is 6.07 Å². The molecule has 0 saturated heterocycles. The van der Waals surface area contributed by atoms with Gasteiger partial charge in [-0.25, -0.2) is 0 Å². The molecule has 5 heteroatoms. The maximum absolute atomic E-state index is 12.0. The van der Waals surface area contributed by atoms with Crippen molar-refractivity contribution in [3.63, 3.8) is 0 Å². The molecule has 0 aliphatic carbocycles. The fraction of sp³-hybridized carbons (Fsp3) is 0.0556. The van der Waals surface area contributed by atoms with Crippen LogP contribution in [-0.4, -0.2) is 17.6 Å². The van der Waals surface area contributed by atoms with E-state index in [-0.39, 0.29) is 18.3 Å². The van der Waals surface area contributed by atoms with Crippen LogP contribution in [0.4, 0.5) is 5.69 Å². The first kappa shape index (κ1) is 15.2. The van der Waals surface area contributed by atoms with Crippen molar-refractivity contribution in [2.24, 2.45) is 0 Å². The van der Waals surface area contributed by atoms with Crippen molar-refractivity contribution in [1.29, 1.82) is 0 Å². The van der Waals surface area contributed by atoms with Crippen LogP contribution >= 0.6 is 11.6 Å². The van der Waals surface area contributed by atoms with E-state index in [2.05, 4.69) is 5.32 Å². The summed E-state index contributed by atoms with van der Waals surface area (Å²) in [5.41, 5.74) is 0.349. The Morgan fingerprint density at radius 3 is 2.48 bits per heavy atom. The summed E-state index contributed by atoms with van der Waals surface area (Å²) >= 11 is 6.15. The summed E-state index contributed by atoms with van der Waals surface area (Å²) in [5, 5.41) is 14.6. The number of benzene rings is 3. The van der Waals surface area contributed by atoms with E-state index in [4.69, 9.17) is 16.3 Å². The fourth-order valence-electron chi connectivity index (χ4n) is 2.27. The lowest BCUT2D eigenvalue weighted by Gasteiger charge is -2.11. The molecule has 2 N–H and O–H groups in total. The van der Waals surface area contributed by atoms with Gasteiger partial charge in [-0.15, -0.1) is 0 Å². The van der Waals surface area contributed by atoms with Crippen molar-refractivity contribution in [2.45, 2.75) is 0 Å². The van der Waals surface area contributed by atoms with E-state index in [0.29, 0.717) is 16.5 Å². The maximum Gasteiger partial charge on any atom is 0.262 e. The quantitative estimate of drug-likeness (QED) is 0.705. The number of hydrogen-bond donors (Lipinski definition) is 2. The van der Waals surface area contributed by atoms with Crippen molar-refractivity contribution in [3.8, 4) is 11.5 Å². The second kappa shape index (κ2) is 6.58. The van der Waals surface area contributed by atoms with Gasteiger partial charge in [0.15, 0.2) is 6.61 Å². The van der Waals surface area contributed by atoms with Crippen LogP contribution in [-0.2, 0) is 4.79 Å².